The topological polar surface area (TPSA) is 145 Å². The van der Waals surface area contributed by atoms with Gasteiger partial charge in [-0.15, -0.1) is 0 Å². The molecule has 1 saturated heterocycles. The van der Waals surface area contributed by atoms with Crippen LogP contribution in [0.5, 0.6) is 0 Å². The molecule has 0 saturated carbocycles. The standard InChI is InChI=1S/C24H25F2N7O5S/c1-30-6-8-31(9-7-30)17-2-3-19(22(13-17)33(35)36)24(34)27-23-20-14-32(5-4-21(20)28-29-23)39(37,38)18-11-15(25)10-16(26)12-18/h2-3,10-13H,4-9,14H2,1H3,(H2,27,28,29,34). The van der Waals surface area contributed by atoms with Crippen molar-refractivity contribution < 1.29 is 26.9 Å². The molecule has 0 spiro atoms. The number of halogens is 2. The third kappa shape index (κ3) is 5.32. The fourth-order valence-electron chi connectivity index (χ4n) is 4.70. The Hall–Kier alpha value is -3.95. The number of likely N-dealkylation sites (N-methyl/N-ethyl adjacent to an activating group) is 1. The summed E-state index contributed by atoms with van der Waals surface area (Å²) in [6.07, 6.45) is 0.203. The van der Waals surface area contributed by atoms with Crippen molar-refractivity contribution >= 4 is 33.1 Å². The van der Waals surface area contributed by atoms with E-state index in [1.807, 2.05) is 11.9 Å². The van der Waals surface area contributed by atoms with Crippen LogP contribution in [0.1, 0.15) is 21.6 Å². The average Bonchev–Trinajstić information content (AvgIpc) is 3.30. The minimum atomic E-state index is -4.26. The minimum absolute atomic E-state index is 0.0118. The van der Waals surface area contributed by atoms with E-state index in [9.17, 15) is 32.1 Å². The second-order valence-electron chi connectivity index (χ2n) is 9.43. The Bertz CT molecular complexity index is 1530. The van der Waals surface area contributed by atoms with Gasteiger partial charge in [-0.25, -0.2) is 17.2 Å². The van der Waals surface area contributed by atoms with Gasteiger partial charge in [-0.1, -0.05) is 0 Å². The van der Waals surface area contributed by atoms with Crippen molar-refractivity contribution in [2.45, 2.75) is 17.9 Å². The van der Waals surface area contributed by atoms with Crippen molar-refractivity contribution in [1.29, 1.82) is 0 Å². The molecular formula is C24H25F2N7O5S. The summed E-state index contributed by atoms with van der Waals surface area (Å²) in [7, 11) is -2.26. The highest BCUT2D eigenvalue weighted by Crippen LogP contribution is 2.31. The predicted octanol–water partition coefficient (Wildman–Crippen LogP) is 2.35. The Morgan fingerprint density at radius 2 is 1.77 bits per heavy atom. The summed E-state index contributed by atoms with van der Waals surface area (Å²) in [6.45, 7) is 2.79. The van der Waals surface area contributed by atoms with E-state index >= 15 is 0 Å². The fraction of sp³-hybridized carbons (Fsp3) is 0.333. The summed E-state index contributed by atoms with van der Waals surface area (Å²) in [6, 6.07) is 6.45. The summed E-state index contributed by atoms with van der Waals surface area (Å²) >= 11 is 0. The number of benzene rings is 2. The number of aromatic nitrogens is 2. The number of hydrogen-bond donors (Lipinski definition) is 2. The van der Waals surface area contributed by atoms with Crippen LogP contribution in [0.4, 0.5) is 26.0 Å². The first-order valence-corrected chi connectivity index (χ1v) is 13.5. The smallest absolute Gasteiger partial charge is 0.284 e. The summed E-state index contributed by atoms with van der Waals surface area (Å²) in [5.74, 6) is -2.82. The number of carbonyl (C=O) groups is 1. The molecule has 1 amide bonds. The highest BCUT2D eigenvalue weighted by Gasteiger charge is 2.33. The number of rotatable bonds is 6. The van der Waals surface area contributed by atoms with Crippen LogP contribution in [0, 0.1) is 21.7 Å². The summed E-state index contributed by atoms with van der Waals surface area (Å²) < 4.78 is 54.5. The van der Waals surface area contributed by atoms with Gasteiger partial charge in [0, 0.05) is 74.8 Å². The number of H-pyrrole nitrogens is 1. The third-order valence-electron chi connectivity index (χ3n) is 6.90. The number of piperazine rings is 1. The molecule has 206 valence electrons. The third-order valence-corrected chi connectivity index (χ3v) is 8.72. The minimum Gasteiger partial charge on any atom is -0.369 e. The molecule has 5 rings (SSSR count). The molecule has 2 aromatic carbocycles. The SMILES string of the molecule is CN1CCN(c2ccc(C(=O)Nc3n[nH]c4c3CN(S(=O)(=O)c3cc(F)cc(F)c3)CC4)c([N+](=O)[O-])c2)CC1. The molecule has 0 bridgehead atoms. The zero-order valence-corrected chi connectivity index (χ0v) is 21.7. The van der Waals surface area contributed by atoms with E-state index in [1.165, 1.54) is 12.1 Å². The highest BCUT2D eigenvalue weighted by atomic mass is 32.2. The van der Waals surface area contributed by atoms with E-state index in [2.05, 4.69) is 20.4 Å². The number of sulfonamides is 1. The quantitative estimate of drug-likeness (QED) is 0.345. The van der Waals surface area contributed by atoms with Crippen LogP contribution >= 0.6 is 0 Å². The van der Waals surface area contributed by atoms with Crippen LogP contribution in [0.2, 0.25) is 0 Å². The van der Waals surface area contributed by atoms with Crippen molar-refractivity contribution in [1.82, 2.24) is 19.4 Å². The molecule has 0 unspecified atom stereocenters. The molecule has 2 aliphatic heterocycles. The van der Waals surface area contributed by atoms with Crippen LogP contribution in [-0.4, -0.2) is 78.4 Å². The van der Waals surface area contributed by atoms with Crippen molar-refractivity contribution in [2.75, 3.05) is 50.0 Å². The van der Waals surface area contributed by atoms with E-state index < -0.39 is 37.4 Å². The molecule has 0 atom stereocenters. The van der Waals surface area contributed by atoms with Crippen LogP contribution in [0.15, 0.2) is 41.3 Å². The molecule has 12 nitrogen and oxygen atoms in total. The van der Waals surface area contributed by atoms with Crippen molar-refractivity contribution in [3.63, 3.8) is 0 Å². The number of nitrogens with zero attached hydrogens (tertiary/aromatic N) is 5. The van der Waals surface area contributed by atoms with Crippen molar-refractivity contribution in [3.8, 4) is 0 Å². The molecular weight excluding hydrogens is 536 g/mol. The number of anilines is 2. The van der Waals surface area contributed by atoms with Gasteiger partial charge >= 0.3 is 0 Å². The Kier molecular flexibility index (Phi) is 7.05. The molecule has 2 N–H and O–H groups in total. The van der Waals surface area contributed by atoms with Gasteiger partial charge in [0.1, 0.15) is 17.2 Å². The molecule has 1 aromatic heterocycles. The number of amides is 1. The molecule has 3 aromatic rings. The summed E-state index contributed by atoms with van der Waals surface area (Å²) in [4.78, 5) is 28.0. The van der Waals surface area contributed by atoms with Crippen LogP contribution in [-0.2, 0) is 23.0 Å². The zero-order chi connectivity index (χ0) is 27.9. The molecule has 2 aliphatic rings. The largest absolute Gasteiger partial charge is 0.369 e. The molecule has 39 heavy (non-hydrogen) atoms. The maximum atomic E-state index is 13.7. The van der Waals surface area contributed by atoms with E-state index in [0.29, 0.717) is 36.1 Å². The summed E-state index contributed by atoms with van der Waals surface area (Å²) in [5.41, 5.74) is 1.02. The maximum absolute atomic E-state index is 13.7. The van der Waals surface area contributed by atoms with E-state index in [1.54, 1.807) is 6.07 Å². The second-order valence-corrected chi connectivity index (χ2v) is 11.4. The van der Waals surface area contributed by atoms with Crippen LogP contribution < -0.4 is 10.2 Å². The number of nitrogens with one attached hydrogen (secondary N) is 2. The van der Waals surface area contributed by atoms with Gasteiger partial charge in [-0.05, 0) is 31.3 Å². The predicted molar refractivity (Wildman–Crippen MR) is 137 cm³/mol. The Labute approximate surface area is 222 Å². The van der Waals surface area contributed by atoms with Gasteiger partial charge in [0.25, 0.3) is 11.6 Å². The zero-order valence-electron chi connectivity index (χ0n) is 20.9. The van der Waals surface area contributed by atoms with Crippen LogP contribution in [0.25, 0.3) is 0 Å². The van der Waals surface area contributed by atoms with E-state index in [4.69, 9.17) is 0 Å². The van der Waals surface area contributed by atoms with Gasteiger partial charge < -0.3 is 15.1 Å². The normalized spacial score (nSPS) is 16.6. The number of hydrogen-bond acceptors (Lipinski definition) is 8. The number of nitro groups is 1. The van der Waals surface area contributed by atoms with Crippen LogP contribution in [0.3, 0.4) is 0 Å². The molecule has 1 fully saturated rings. The van der Waals surface area contributed by atoms with Gasteiger partial charge in [0.15, 0.2) is 5.82 Å². The fourth-order valence-corrected chi connectivity index (χ4v) is 6.16. The number of nitro benzene ring substituents is 1. The number of aromatic amines is 1. The first kappa shape index (κ1) is 26.6. The monoisotopic (exact) mass is 561 g/mol. The number of carbonyl (C=O) groups excluding carboxylic acids is 1. The number of fused-ring (bicyclic) bond motifs is 1. The van der Waals surface area contributed by atoms with Gasteiger partial charge in [-0.2, -0.15) is 9.40 Å². The second kappa shape index (κ2) is 10.3. The lowest BCUT2D eigenvalue weighted by molar-refractivity contribution is -0.385. The lowest BCUT2D eigenvalue weighted by Gasteiger charge is -2.34. The lowest BCUT2D eigenvalue weighted by atomic mass is 10.1. The molecule has 15 heteroatoms. The molecule has 0 radical (unpaired) electrons. The Morgan fingerprint density at radius 1 is 1.08 bits per heavy atom. The maximum Gasteiger partial charge on any atom is 0.284 e. The van der Waals surface area contributed by atoms with E-state index in [-0.39, 0.29) is 36.6 Å². The molecule has 3 heterocycles. The Morgan fingerprint density at radius 3 is 2.44 bits per heavy atom. The van der Waals surface area contributed by atoms with E-state index in [0.717, 1.165) is 29.5 Å². The van der Waals surface area contributed by atoms with Gasteiger partial charge in [-0.3, -0.25) is 20.0 Å². The van der Waals surface area contributed by atoms with Crippen molar-refractivity contribution in [3.05, 3.63) is 75.0 Å². The average molecular weight is 562 g/mol. The summed E-state index contributed by atoms with van der Waals surface area (Å²) in [5, 5.41) is 21.2. The molecule has 0 aliphatic carbocycles. The van der Waals surface area contributed by atoms with Gasteiger partial charge in [0.05, 0.1) is 9.82 Å². The Balaban J connectivity index is 1.37. The van der Waals surface area contributed by atoms with Gasteiger partial charge in [0.2, 0.25) is 10.0 Å². The van der Waals surface area contributed by atoms with Crippen molar-refractivity contribution in [2.24, 2.45) is 0 Å². The lowest BCUT2D eigenvalue weighted by Crippen LogP contribution is -2.44. The first-order chi connectivity index (χ1) is 18.5. The first-order valence-electron chi connectivity index (χ1n) is 12.1. The highest BCUT2D eigenvalue weighted by molar-refractivity contribution is 7.89.